The van der Waals surface area contributed by atoms with Gasteiger partial charge in [-0.25, -0.2) is 4.98 Å². The molecule has 0 aliphatic carbocycles. The summed E-state index contributed by atoms with van der Waals surface area (Å²) < 4.78 is 1.77. The lowest BCUT2D eigenvalue weighted by molar-refractivity contribution is 0.411. The summed E-state index contributed by atoms with van der Waals surface area (Å²) in [5, 5.41) is 0. The van der Waals surface area contributed by atoms with Crippen LogP contribution < -0.4 is 16.2 Å². The lowest BCUT2D eigenvalue weighted by Gasteiger charge is -2.31. The standard InChI is InChI=1S/C14H24N4O/c1-11(2)10-18-8-5-16-13(14(18)19)17-6-3-12(9-15)4-7-17/h5,8,11-12H,3-4,6-7,9-10,15H2,1-2H3. The van der Waals surface area contributed by atoms with Crippen molar-refractivity contribution in [1.29, 1.82) is 0 Å². The summed E-state index contributed by atoms with van der Waals surface area (Å²) in [4.78, 5) is 18.8. The number of nitrogens with zero attached hydrogens (tertiary/aromatic N) is 3. The summed E-state index contributed by atoms with van der Waals surface area (Å²) in [6, 6.07) is 0. The molecule has 5 heteroatoms. The largest absolute Gasteiger partial charge is 0.352 e. The van der Waals surface area contributed by atoms with E-state index in [1.54, 1.807) is 17.0 Å². The topological polar surface area (TPSA) is 64.2 Å². The number of anilines is 1. The third kappa shape index (κ3) is 3.35. The highest BCUT2D eigenvalue weighted by Gasteiger charge is 2.21. The lowest BCUT2D eigenvalue weighted by atomic mass is 9.97. The molecule has 1 aliphatic heterocycles. The molecular weight excluding hydrogens is 240 g/mol. The van der Waals surface area contributed by atoms with Crippen LogP contribution in [0, 0.1) is 11.8 Å². The Hall–Kier alpha value is -1.36. The Labute approximate surface area is 114 Å². The van der Waals surface area contributed by atoms with Crippen LogP contribution >= 0.6 is 0 Å². The van der Waals surface area contributed by atoms with Gasteiger partial charge in [-0.1, -0.05) is 13.8 Å². The van der Waals surface area contributed by atoms with E-state index >= 15 is 0 Å². The molecule has 0 spiro atoms. The SMILES string of the molecule is CC(C)Cn1ccnc(N2CCC(CN)CC2)c1=O. The molecule has 0 saturated carbocycles. The minimum Gasteiger partial charge on any atom is -0.352 e. The summed E-state index contributed by atoms with van der Waals surface area (Å²) in [5.41, 5.74) is 5.73. The molecule has 0 aromatic carbocycles. The van der Waals surface area contributed by atoms with Gasteiger partial charge in [0.15, 0.2) is 5.82 Å². The molecule has 2 rings (SSSR count). The summed E-state index contributed by atoms with van der Waals surface area (Å²) in [7, 11) is 0. The Morgan fingerprint density at radius 3 is 2.68 bits per heavy atom. The average Bonchev–Trinajstić information content (AvgIpc) is 2.41. The first-order chi connectivity index (χ1) is 9.11. The molecule has 106 valence electrons. The van der Waals surface area contributed by atoms with E-state index in [4.69, 9.17) is 5.73 Å². The lowest BCUT2D eigenvalue weighted by Crippen LogP contribution is -2.40. The van der Waals surface area contributed by atoms with E-state index in [0.29, 0.717) is 17.7 Å². The minimum absolute atomic E-state index is 0.0300. The molecule has 1 aliphatic rings. The number of hydrogen-bond acceptors (Lipinski definition) is 4. The third-order valence-electron chi connectivity index (χ3n) is 3.70. The van der Waals surface area contributed by atoms with Gasteiger partial charge in [0.2, 0.25) is 0 Å². The van der Waals surface area contributed by atoms with Crippen molar-refractivity contribution in [3.05, 3.63) is 22.7 Å². The molecule has 0 radical (unpaired) electrons. The maximum absolute atomic E-state index is 12.4. The Kier molecular flexibility index (Phi) is 4.58. The minimum atomic E-state index is 0.0300. The van der Waals surface area contributed by atoms with Gasteiger partial charge in [0.25, 0.3) is 5.56 Å². The quantitative estimate of drug-likeness (QED) is 0.883. The van der Waals surface area contributed by atoms with Gasteiger partial charge in [0.05, 0.1) is 0 Å². The number of piperidine rings is 1. The van der Waals surface area contributed by atoms with Crippen molar-refractivity contribution in [3.63, 3.8) is 0 Å². The fourth-order valence-electron chi connectivity index (χ4n) is 2.57. The number of rotatable bonds is 4. The maximum Gasteiger partial charge on any atom is 0.293 e. The van der Waals surface area contributed by atoms with E-state index in [1.165, 1.54) is 0 Å². The normalized spacial score (nSPS) is 17.2. The van der Waals surface area contributed by atoms with Gasteiger partial charge in [-0.2, -0.15) is 0 Å². The van der Waals surface area contributed by atoms with Crippen LogP contribution in [0.25, 0.3) is 0 Å². The summed E-state index contributed by atoms with van der Waals surface area (Å²) in [6.07, 6.45) is 5.61. The monoisotopic (exact) mass is 264 g/mol. The second-order valence-electron chi connectivity index (χ2n) is 5.77. The van der Waals surface area contributed by atoms with Gasteiger partial charge in [0, 0.05) is 32.0 Å². The molecule has 19 heavy (non-hydrogen) atoms. The van der Waals surface area contributed by atoms with Crippen LogP contribution in [0.4, 0.5) is 5.82 Å². The van der Waals surface area contributed by atoms with Crippen LogP contribution in [-0.2, 0) is 6.54 Å². The second kappa shape index (κ2) is 6.19. The molecule has 0 bridgehead atoms. The fourth-order valence-corrected chi connectivity index (χ4v) is 2.57. The molecule has 2 heterocycles. The molecule has 0 unspecified atom stereocenters. The molecular formula is C14H24N4O. The van der Waals surface area contributed by atoms with Crippen LogP contribution in [-0.4, -0.2) is 29.2 Å². The van der Waals surface area contributed by atoms with Crippen LogP contribution in [0.3, 0.4) is 0 Å². The predicted octanol–water partition coefficient (Wildman–Crippen LogP) is 1.07. The van der Waals surface area contributed by atoms with Crippen LogP contribution in [0.15, 0.2) is 17.2 Å². The molecule has 5 nitrogen and oxygen atoms in total. The maximum atomic E-state index is 12.4. The van der Waals surface area contributed by atoms with E-state index in [1.807, 2.05) is 0 Å². The van der Waals surface area contributed by atoms with Crippen molar-refractivity contribution >= 4 is 5.82 Å². The highest BCUT2D eigenvalue weighted by atomic mass is 16.1. The predicted molar refractivity (Wildman–Crippen MR) is 77.3 cm³/mol. The Morgan fingerprint density at radius 2 is 2.11 bits per heavy atom. The average molecular weight is 264 g/mol. The summed E-state index contributed by atoms with van der Waals surface area (Å²) in [6.45, 7) is 7.48. The van der Waals surface area contributed by atoms with E-state index in [-0.39, 0.29) is 5.56 Å². The molecule has 1 saturated heterocycles. The first-order valence-electron chi connectivity index (χ1n) is 7.12. The number of hydrogen-bond donors (Lipinski definition) is 1. The van der Waals surface area contributed by atoms with Crippen molar-refractivity contribution < 1.29 is 0 Å². The fraction of sp³-hybridized carbons (Fsp3) is 0.714. The molecule has 0 amide bonds. The molecule has 2 N–H and O–H groups in total. The summed E-state index contributed by atoms with van der Waals surface area (Å²) >= 11 is 0. The zero-order valence-corrected chi connectivity index (χ0v) is 11.9. The van der Waals surface area contributed by atoms with Gasteiger partial charge < -0.3 is 15.2 Å². The highest BCUT2D eigenvalue weighted by Crippen LogP contribution is 2.18. The first-order valence-corrected chi connectivity index (χ1v) is 7.12. The van der Waals surface area contributed by atoms with Crippen LogP contribution in [0.5, 0.6) is 0 Å². The zero-order chi connectivity index (χ0) is 13.8. The van der Waals surface area contributed by atoms with Gasteiger partial charge >= 0.3 is 0 Å². The van der Waals surface area contributed by atoms with Crippen LogP contribution in [0.2, 0.25) is 0 Å². The third-order valence-corrected chi connectivity index (χ3v) is 3.70. The highest BCUT2D eigenvalue weighted by molar-refractivity contribution is 5.36. The van der Waals surface area contributed by atoms with E-state index in [9.17, 15) is 4.79 Å². The smallest absolute Gasteiger partial charge is 0.293 e. The Balaban J connectivity index is 2.15. The van der Waals surface area contributed by atoms with Gasteiger partial charge in [-0.05, 0) is 31.2 Å². The van der Waals surface area contributed by atoms with Gasteiger partial charge in [-0.3, -0.25) is 4.79 Å². The molecule has 1 fully saturated rings. The van der Waals surface area contributed by atoms with Crippen molar-refractivity contribution in [1.82, 2.24) is 9.55 Å². The molecule has 1 aromatic rings. The Morgan fingerprint density at radius 1 is 1.42 bits per heavy atom. The van der Waals surface area contributed by atoms with E-state index < -0.39 is 0 Å². The number of nitrogens with two attached hydrogens (primary N) is 1. The second-order valence-corrected chi connectivity index (χ2v) is 5.77. The van der Waals surface area contributed by atoms with Crippen molar-refractivity contribution in [2.75, 3.05) is 24.5 Å². The van der Waals surface area contributed by atoms with E-state index in [0.717, 1.165) is 39.0 Å². The molecule has 1 aromatic heterocycles. The number of aromatic nitrogens is 2. The summed E-state index contributed by atoms with van der Waals surface area (Å²) in [5.74, 6) is 1.65. The van der Waals surface area contributed by atoms with Crippen molar-refractivity contribution in [2.24, 2.45) is 17.6 Å². The van der Waals surface area contributed by atoms with Crippen LogP contribution in [0.1, 0.15) is 26.7 Å². The van der Waals surface area contributed by atoms with Gasteiger partial charge in [-0.15, -0.1) is 0 Å². The van der Waals surface area contributed by atoms with Crippen molar-refractivity contribution in [2.45, 2.75) is 33.2 Å². The zero-order valence-electron chi connectivity index (χ0n) is 11.9. The van der Waals surface area contributed by atoms with Gasteiger partial charge in [0.1, 0.15) is 0 Å². The van der Waals surface area contributed by atoms with E-state index in [2.05, 4.69) is 23.7 Å². The first kappa shape index (κ1) is 14.1. The Bertz CT molecular complexity index is 461. The van der Waals surface area contributed by atoms with Crippen molar-refractivity contribution in [3.8, 4) is 0 Å². The molecule has 0 atom stereocenters.